The van der Waals surface area contributed by atoms with E-state index in [1.807, 2.05) is 0 Å². The third-order valence-corrected chi connectivity index (χ3v) is 4.16. The molecular formula is C14H13Cl9O11. The van der Waals surface area contributed by atoms with Gasteiger partial charge < -0.3 is 28.4 Å². The smallest absolute Gasteiger partial charge is 0.430 e. The van der Waals surface area contributed by atoms with Gasteiger partial charge in [-0.1, -0.05) is 69.6 Å². The van der Waals surface area contributed by atoms with Crippen LogP contribution in [0.15, 0.2) is 0 Å². The number of carbonyl (C=O) groups is 3. The van der Waals surface area contributed by atoms with Gasteiger partial charge in [0, 0.05) is 0 Å². The normalized spacial score (nSPS) is 23.1. The first-order valence-electron chi connectivity index (χ1n) is 8.41. The largest absolute Gasteiger partial charge is 0.540 e. The van der Waals surface area contributed by atoms with Crippen LogP contribution in [0.1, 0.15) is 6.92 Å². The Morgan fingerprint density at radius 3 is 1.85 bits per heavy atom. The van der Waals surface area contributed by atoms with Crippen molar-refractivity contribution >= 4 is 123 Å². The Hall–Kier alpha value is 0.340. The standard InChI is InChI=1S/C14H13Cl9O11/c1-5-7(31-11(26)33-14(21,22)23)8(32-9(24)28-3-12(15,16)17)6(30-5)2-27-10(25)34-29-4-13(18,19)20/h5-8H,2-4H2,1H3/t5-,6+,7?,8-/m0/s1. The highest BCUT2D eigenvalue weighted by atomic mass is 35.6. The van der Waals surface area contributed by atoms with Gasteiger partial charge in [0.15, 0.2) is 12.2 Å². The number of hydrogen-bond donors (Lipinski definition) is 0. The second kappa shape index (κ2) is 13.8. The summed E-state index contributed by atoms with van der Waals surface area (Å²) in [6, 6.07) is 0. The minimum Gasteiger partial charge on any atom is -0.430 e. The Kier molecular flexibility index (Phi) is 13.1. The summed E-state index contributed by atoms with van der Waals surface area (Å²) >= 11 is 48.9. The van der Waals surface area contributed by atoms with E-state index < -0.39 is 74.3 Å². The Labute approximate surface area is 237 Å². The van der Waals surface area contributed by atoms with Crippen molar-refractivity contribution < 1.29 is 52.6 Å². The van der Waals surface area contributed by atoms with Crippen molar-refractivity contribution in [3.63, 3.8) is 0 Å². The first-order chi connectivity index (χ1) is 15.4. The van der Waals surface area contributed by atoms with Gasteiger partial charge in [0.25, 0.3) is 0 Å². The molecular weight excluding hydrogens is 663 g/mol. The highest BCUT2D eigenvalue weighted by molar-refractivity contribution is 6.68. The van der Waals surface area contributed by atoms with Crippen molar-refractivity contribution in [2.75, 3.05) is 19.8 Å². The maximum Gasteiger partial charge on any atom is 0.540 e. The summed E-state index contributed by atoms with van der Waals surface area (Å²) in [5.41, 5.74) is 0. The number of carbonyl (C=O) groups excluding carboxylic acids is 3. The van der Waals surface area contributed by atoms with E-state index in [-0.39, 0.29) is 0 Å². The van der Waals surface area contributed by atoms with Crippen LogP contribution in [0, 0.1) is 0 Å². The fraction of sp³-hybridized carbons (Fsp3) is 0.786. The molecule has 0 aromatic heterocycles. The van der Waals surface area contributed by atoms with Gasteiger partial charge in [0.05, 0.1) is 6.10 Å². The van der Waals surface area contributed by atoms with Gasteiger partial charge in [-0.25, -0.2) is 14.4 Å². The molecule has 0 aromatic carbocycles. The van der Waals surface area contributed by atoms with E-state index in [1.54, 1.807) is 0 Å². The Morgan fingerprint density at radius 2 is 1.32 bits per heavy atom. The van der Waals surface area contributed by atoms with Crippen LogP contribution < -0.4 is 0 Å². The molecule has 0 aliphatic carbocycles. The zero-order chi connectivity index (χ0) is 26.3. The summed E-state index contributed by atoms with van der Waals surface area (Å²) in [6.45, 7) is -0.485. The topological polar surface area (TPSA) is 125 Å². The minimum atomic E-state index is -2.45. The molecule has 1 aliphatic rings. The molecule has 1 unspecified atom stereocenters. The molecule has 11 nitrogen and oxygen atoms in total. The predicted molar refractivity (Wildman–Crippen MR) is 121 cm³/mol. The van der Waals surface area contributed by atoms with Gasteiger partial charge in [0.1, 0.15) is 25.9 Å². The maximum absolute atomic E-state index is 12.0. The number of halogens is 9. The minimum absolute atomic E-state index is 0.605. The molecule has 1 rings (SSSR count). The van der Waals surface area contributed by atoms with Crippen molar-refractivity contribution in [3.8, 4) is 0 Å². The molecule has 1 aliphatic heterocycles. The van der Waals surface area contributed by atoms with E-state index >= 15 is 0 Å². The molecule has 0 aromatic rings. The van der Waals surface area contributed by atoms with Gasteiger partial charge in [-0.15, -0.1) is 0 Å². The molecule has 1 saturated heterocycles. The highest BCUT2D eigenvalue weighted by Gasteiger charge is 2.49. The Bertz CT molecular complexity index is 707. The fourth-order valence-electron chi connectivity index (χ4n) is 2.18. The zero-order valence-corrected chi connectivity index (χ0v) is 23.1. The van der Waals surface area contributed by atoms with Gasteiger partial charge in [-0.2, -0.15) is 4.89 Å². The predicted octanol–water partition coefficient (Wildman–Crippen LogP) is 5.97. The average molecular weight is 676 g/mol. The van der Waals surface area contributed by atoms with Crippen LogP contribution in [0.2, 0.25) is 0 Å². The molecule has 0 amide bonds. The van der Waals surface area contributed by atoms with Crippen LogP contribution in [-0.2, 0) is 38.2 Å². The molecule has 0 bridgehead atoms. The van der Waals surface area contributed by atoms with Crippen molar-refractivity contribution in [1.82, 2.24) is 0 Å². The van der Waals surface area contributed by atoms with Crippen LogP contribution in [0.5, 0.6) is 0 Å². The second-order valence-corrected chi connectivity index (χ2v) is 13.2. The summed E-state index contributed by atoms with van der Waals surface area (Å²) in [7, 11) is 0. The van der Waals surface area contributed by atoms with Crippen molar-refractivity contribution in [2.45, 2.75) is 42.9 Å². The highest BCUT2D eigenvalue weighted by Crippen LogP contribution is 2.32. The Morgan fingerprint density at radius 1 is 0.765 bits per heavy atom. The lowest BCUT2D eigenvalue weighted by Gasteiger charge is -2.24. The number of hydrogen-bond acceptors (Lipinski definition) is 11. The van der Waals surface area contributed by atoms with Crippen molar-refractivity contribution in [2.24, 2.45) is 0 Å². The number of ether oxygens (including phenoxy) is 6. The third kappa shape index (κ3) is 14.2. The molecule has 4 atom stereocenters. The molecule has 20 heteroatoms. The van der Waals surface area contributed by atoms with E-state index in [2.05, 4.69) is 19.2 Å². The first kappa shape index (κ1) is 32.4. The number of alkyl halides is 9. The first-order valence-corrected chi connectivity index (χ1v) is 11.8. The summed E-state index contributed by atoms with van der Waals surface area (Å²) in [6.07, 6.45) is -9.18. The monoisotopic (exact) mass is 672 g/mol. The van der Waals surface area contributed by atoms with Crippen LogP contribution >= 0.6 is 104 Å². The molecule has 0 N–H and O–H groups in total. The molecule has 198 valence electrons. The van der Waals surface area contributed by atoms with E-state index in [9.17, 15) is 14.4 Å². The average Bonchev–Trinajstić information content (AvgIpc) is 2.90. The molecule has 1 heterocycles. The van der Waals surface area contributed by atoms with Gasteiger partial charge in [-0.3, -0.25) is 4.89 Å². The molecule has 34 heavy (non-hydrogen) atoms. The lowest BCUT2D eigenvalue weighted by molar-refractivity contribution is -0.255. The molecule has 0 saturated carbocycles. The van der Waals surface area contributed by atoms with Gasteiger partial charge in [0.2, 0.25) is 7.59 Å². The Balaban J connectivity index is 2.82. The van der Waals surface area contributed by atoms with Crippen molar-refractivity contribution in [3.05, 3.63) is 0 Å². The lowest BCUT2D eigenvalue weighted by Crippen LogP contribution is -2.42. The van der Waals surface area contributed by atoms with E-state index in [4.69, 9.17) is 123 Å². The van der Waals surface area contributed by atoms with E-state index in [0.717, 1.165) is 0 Å². The van der Waals surface area contributed by atoms with Crippen molar-refractivity contribution in [1.29, 1.82) is 0 Å². The number of rotatable bonds is 7. The fourth-order valence-corrected chi connectivity index (χ4v) is 2.67. The zero-order valence-electron chi connectivity index (χ0n) is 16.3. The lowest BCUT2D eigenvalue weighted by atomic mass is 10.1. The summed E-state index contributed by atoms with van der Waals surface area (Å²) in [5.74, 6) is 0. The second-order valence-electron chi connectivity index (χ2n) is 6.02. The van der Waals surface area contributed by atoms with Gasteiger partial charge >= 0.3 is 22.4 Å². The summed E-state index contributed by atoms with van der Waals surface area (Å²) in [5, 5.41) is 0. The van der Waals surface area contributed by atoms with Crippen LogP contribution in [0.3, 0.4) is 0 Å². The van der Waals surface area contributed by atoms with E-state index in [1.165, 1.54) is 6.92 Å². The molecule has 0 radical (unpaired) electrons. The van der Waals surface area contributed by atoms with Crippen LogP contribution in [0.4, 0.5) is 14.4 Å². The maximum atomic E-state index is 12.0. The quantitative estimate of drug-likeness (QED) is 0.104. The van der Waals surface area contributed by atoms with Crippen LogP contribution in [-0.4, -0.2) is 74.3 Å². The van der Waals surface area contributed by atoms with Crippen LogP contribution in [0.25, 0.3) is 0 Å². The SMILES string of the molecule is C[C@@H]1O[C@H](COC(=O)OOCC(Cl)(Cl)Cl)[C@H](OC(=O)OCC(Cl)(Cl)Cl)C1OC(=O)OC(Cl)(Cl)Cl. The third-order valence-electron chi connectivity index (χ3n) is 3.27. The molecule has 0 spiro atoms. The van der Waals surface area contributed by atoms with E-state index in [0.29, 0.717) is 0 Å². The summed E-state index contributed by atoms with van der Waals surface area (Å²) in [4.78, 5) is 44.2. The summed E-state index contributed by atoms with van der Waals surface area (Å²) < 4.78 is 23.2. The van der Waals surface area contributed by atoms with Gasteiger partial charge in [-0.05, 0) is 41.7 Å². The molecule has 1 fully saturated rings.